The highest BCUT2D eigenvalue weighted by molar-refractivity contribution is 7.98. The molecular formula is C15H20F3N3OS. The third-order valence-corrected chi connectivity index (χ3v) is 4.57. The van der Waals surface area contributed by atoms with Crippen molar-refractivity contribution in [1.82, 2.24) is 15.5 Å². The number of hydrogen-bond donors (Lipinski definition) is 2. The molecule has 1 saturated heterocycles. The first-order chi connectivity index (χ1) is 10.9. The van der Waals surface area contributed by atoms with E-state index in [0.29, 0.717) is 31.7 Å². The van der Waals surface area contributed by atoms with Gasteiger partial charge in [-0.1, -0.05) is 12.1 Å². The molecule has 0 radical (unpaired) electrons. The molecule has 128 valence electrons. The topological polar surface area (TPSA) is 44.4 Å². The summed E-state index contributed by atoms with van der Waals surface area (Å²) in [6, 6.07) is 5.23. The minimum atomic E-state index is -4.37. The number of benzene rings is 1. The van der Waals surface area contributed by atoms with E-state index in [4.69, 9.17) is 0 Å². The van der Waals surface area contributed by atoms with Gasteiger partial charge in [-0.05, 0) is 18.4 Å². The van der Waals surface area contributed by atoms with Crippen molar-refractivity contribution in [3.05, 3.63) is 29.8 Å². The van der Waals surface area contributed by atoms with Crippen LogP contribution in [-0.2, 0) is 0 Å². The van der Waals surface area contributed by atoms with Crippen LogP contribution in [0.25, 0.3) is 0 Å². The summed E-state index contributed by atoms with van der Waals surface area (Å²) < 4.78 is 39.9. The minimum Gasteiger partial charge on any atom is -0.350 e. The molecule has 0 bridgehead atoms. The second kappa shape index (κ2) is 8.03. The minimum absolute atomic E-state index is 0.321. The van der Waals surface area contributed by atoms with Gasteiger partial charge in [-0.2, -0.15) is 13.2 Å². The quantitative estimate of drug-likeness (QED) is 0.800. The molecular weight excluding hydrogens is 327 g/mol. The summed E-state index contributed by atoms with van der Waals surface area (Å²) in [7, 11) is 0. The lowest BCUT2D eigenvalue weighted by Gasteiger charge is -2.35. The molecule has 1 aliphatic rings. The summed E-state index contributed by atoms with van der Waals surface area (Å²) in [5.74, 6) is -0.473. The van der Waals surface area contributed by atoms with Crippen LogP contribution < -0.4 is 10.6 Å². The molecule has 1 aliphatic heterocycles. The summed E-state index contributed by atoms with van der Waals surface area (Å²) in [5, 5.41) is 5.47. The molecule has 1 fully saturated rings. The van der Waals surface area contributed by atoms with E-state index in [-0.39, 0.29) is 0 Å². The molecule has 0 spiro atoms. The Morgan fingerprint density at radius 3 is 2.61 bits per heavy atom. The summed E-state index contributed by atoms with van der Waals surface area (Å²) in [6.07, 6.45) is -2.55. The number of hydrogen-bond acceptors (Lipinski definition) is 4. The van der Waals surface area contributed by atoms with Gasteiger partial charge < -0.3 is 10.6 Å². The molecule has 1 amide bonds. The Morgan fingerprint density at radius 1 is 1.35 bits per heavy atom. The Labute approximate surface area is 137 Å². The van der Waals surface area contributed by atoms with E-state index in [0.717, 1.165) is 4.90 Å². The van der Waals surface area contributed by atoms with E-state index in [1.54, 1.807) is 24.3 Å². The number of carbonyl (C=O) groups is 1. The Kier molecular flexibility index (Phi) is 6.32. The van der Waals surface area contributed by atoms with Crippen molar-refractivity contribution in [2.45, 2.75) is 17.1 Å². The van der Waals surface area contributed by atoms with Crippen molar-refractivity contribution in [2.24, 2.45) is 0 Å². The average Bonchev–Trinajstić information content (AvgIpc) is 2.54. The Hall–Kier alpha value is -1.25. The van der Waals surface area contributed by atoms with Crippen molar-refractivity contribution < 1.29 is 18.0 Å². The smallest absolute Gasteiger partial charge is 0.350 e. The molecule has 1 unspecified atom stereocenters. The van der Waals surface area contributed by atoms with Gasteiger partial charge in [0.15, 0.2) is 0 Å². The Morgan fingerprint density at radius 2 is 2.00 bits per heavy atom. The summed E-state index contributed by atoms with van der Waals surface area (Å²) in [6.45, 7) is 1.25. The van der Waals surface area contributed by atoms with Crippen LogP contribution in [0.5, 0.6) is 0 Å². The normalized spacial score (nSPS) is 17.7. The predicted octanol–water partition coefficient (Wildman–Crippen LogP) is 1.97. The number of amides is 1. The molecule has 8 heteroatoms. The molecule has 1 aromatic carbocycles. The van der Waals surface area contributed by atoms with Gasteiger partial charge in [-0.15, -0.1) is 11.8 Å². The highest BCUT2D eigenvalue weighted by Gasteiger charge is 2.43. The lowest BCUT2D eigenvalue weighted by atomic mass is 10.1. The van der Waals surface area contributed by atoms with Crippen molar-refractivity contribution in [3.8, 4) is 0 Å². The van der Waals surface area contributed by atoms with E-state index < -0.39 is 24.7 Å². The molecule has 23 heavy (non-hydrogen) atoms. The summed E-state index contributed by atoms with van der Waals surface area (Å²) in [4.78, 5) is 14.3. The van der Waals surface area contributed by atoms with E-state index in [2.05, 4.69) is 10.6 Å². The van der Waals surface area contributed by atoms with Gasteiger partial charge in [0.1, 0.15) is 6.04 Å². The average molecular weight is 347 g/mol. The van der Waals surface area contributed by atoms with Crippen molar-refractivity contribution in [2.75, 3.05) is 39.0 Å². The van der Waals surface area contributed by atoms with Crippen LogP contribution in [0.2, 0.25) is 0 Å². The van der Waals surface area contributed by atoms with Gasteiger partial charge in [-0.3, -0.25) is 9.69 Å². The second-order valence-electron chi connectivity index (χ2n) is 5.25. The maximum Gasteiger partial charge on any atom is 0.405 e. The second-order valence-corrected chi connectivity index (χ2v) is 6.10. The standard InChI is InChI=1S/C15H20F3N3OS/c1-23-12-5-3-2-4-11(12)14(22)20-10-13(15(16,17)18)21-8-6-19-7-9-21/h2-5,13,19H,6-10H2,1H3,(H,20,22). The number of carbonyl (C=O) groups excluding carboxylic acids is 1. The number of nitrogens with zero attached hydrogens (tertiary/aromatic N) is 1. The van der Waals surface area contributed by atoms with Crippen LogP contribution in [0.1, 0.15) is 10.4 Å². The zero-order valence-corrected chi connectivity index (χ0v) is 13.6. The van der Waals surface area contributed by atoms with Gasteiger partial charge in [0, 0.05) is 37.6 Å². The van der Waals surface area contributed by atoms with Gasteiger partial charge >= 0.3 is 6.18 Å². The van der Waals surface area contributed by atoms with Crippen LogP contribution in [-0.4, -0.2) is 62.0 Å². The van der Waals surface area contributed by atoms with Crippen LogP contribution in [0, 0.1) is 0 Å². The molecule has 4 nitrogen and oxygen atoms in total. The number of piperazine rings is 1. The monoisotopic (exact) mass is 347 g/mol. The highest BCUT2D eigenvalue weighted by Crippen LogP contribution is 2.25. The van der Waals surface area contributed by atoms with E-state index >= 15 is 0 Å². The number of alkyl halides is 3. The molecule has 0 saturated carbocycles. The summed E-state index contributed by atoms with van der Waals surface area (Å²) in [5.41, 5.74) is 0.404. The lowest BCUT2D eigenvalue weighted by molar-refractivity contribution is -0.183. The van der Waals surface area contributed by atoms with Crippen molar-refractivity contribution in [3.63, 3.8) is 0 Å². The molecule has 1 atom stereocenters. The summed E-state index contributed by atoms with van der Waals surface area (Å²) >= 11 is 1.39. The largest absolute Gasteiger partial charge is 0.405 e. The zero-order chi connectivity index (χ0) is 16.9. The Balaban J connectivity index is 2.04. The van der Waals surface area contributed by atoms with Crippen LogP contribution >= 0.6 is 11.8 Å². The van der Waals surface area contributed by atoms with Crippen molar-refractivity contribution >= 4 is 17.7 Å². The molecule has 0 aliphatic carbocycles. The number of rotatable bonds is 5. The van der Waals surface area contributed by atoms with Gasteiger partial charge in [0.2, 0.25) is 0 Å². The van der Waals surface area contributed by atoms with Gasteiger partial charge in [0.25, 0.3) is 5.91 Å². The first-order valence-corrected chi connectivity index (χ1v) is 8.58. The third-order valence-electron chi connectivity index (χ3n) is 3.78. The van der Waals surface area contributed by atoms with Crippen LogP contribution in [0.4, 0.5) is 13.2 Å². The van der Waals surface area contributed by atoms with Crippen LogP contribution in [0.15, 0.2) is 29.2 Å². The van der Waals surface area contributed by atoms with E-state index in [9.17, 15) is 18.0 Å². The molecule has 2 rings (SSSR count). The molecule has 1 aromatic rings. The third kappa shape index (κ3) is 4.86. The lowest BCUT2D eigenvalue weighted by Crippen LogP contribution is -2.57. The number of halogens is 3. The first-order valence-electron chi connectivity index (χ1n) is 7.36. The fourth-order valence-electron chi connectivity index (χ4n) is 2.56. The van der Waals surface area contributed by atoms with E-state index in [1.807, 2.05) is 6.26 Å². The molecule has 1 heterocycles. The number of nitrogens with one attached hydrogen (secondary N) is 2. The molecule has 2 N–H and O–H groups in total. The van der Waals surface area contributed by atoms with Crippen LogP contribution in [0.3, 0.4) is 0 Å². The van der Waals surface area contributed by atoms with Gasteiger partial charge in [0.05, 0.1) is 5.56 Å². The van der Waals surface area contributed by atoms with Crippen molar-refractivity contribution in [1.29, 1.82) is 0 Å². The van der Waals surface area contributed by atoms with Gasteiger partial charge in [-0.25, -0.2) is 0 Å². The molecule has 0 aromatic heterocycles. The fraction of sp³-hybridized carbons (Fsp3) is 0.533. The zero-order valence-electron chi connectivity index (χ0n) is 12.8. The predicted molar refractivity (Wildman–Crippen MR) is 84.8 cm³/mol. The maximum absolute atomic E-state index is 13.3. The fourth-order valence-corrected chi connectivity index (χ4v) is 3.16. The SMILES string of the molecule is CSc1ccccc1C(=O)NCC(N1CCNCC1)C(F)(F)F. The first kappa shape index (κ1) is 18.1. The Bertz CT molecular complexity index is 533. The van der Waals surface area contributed by atoms with E-state index in [1.165, 1.54) is 16.7 Å². The number of thioether (sulfide) groups is 1. The maximum atomic E-state index is 13.3. The highest BCUT2D eigenvalue weighted by atomic mass is 32.2.